The smallest absolute Gasteiger partial charge is 0.331 e. The van der Waals surface area contributed by atoms with E-state index >= 15 is 0 Å². The molecule has 0 saturated heterocycles. The van der Waals surface area contributed by atoms with Crippen LogP contribution in [0.5, 0.6) is 0 Å². The molecule has 0 saturated carbocycles. The second-order valence-corrected chi connectivity index (χ2v) is 6.73. The first-order valence-electron chi connectivity index (χ1n) is 8.89. The standard InChI is InChI=1S/C23H23NO4/c1-15(2)18-7-4-17(5-8-18)6-13-21(25)19-9-11-20(12-10-19)24-22(26)14-16(3)23(27)28/h4-13,15H,3,14H2,1-2H3,(H,24,26)(H,27,28). The predicted molar refractivity (Wildman–Crippen MR) is 110 cm³/mol. The number of nitrogens with one attached hydrogen (secondary N) is 1. The predicted octanol–water partition coefficient (Wildman–Crippen LogP) is 4.68. The highest BCUT2D eigenvalue weighted by atomic mass is 16.4. The van der Waals surface area contributed by atoms with Crippen LogP contribution in [0.2, 0.25) is 0 Å². The van der Waals surface area contributed by atoms with E-state index in [1.165, 1.54) is 11.6 Å². The largest absolute Gasteiger partial charge is 0.478 e. The van der Waals surface area contributed by atoms with Crippen LogP contribution < -0.4 is 5.32 Å². The van der Waals surface area contributed by atoms with Gasteiger partial charge in [0, 0.05) is 16.8 Å². The van der Waals surface area contributed by atoms with Crippen molar-refractivity contribution in [1.29, 1.82) is 0 Å². The monoisotopic (exact) mass is 377 g/mol. The van der Waals surface area contributed by atoms with Gasteiger partial charge >= 0.3 is 5.97 Å². The van der Waals surface area contributed by atoms with E-state index < -0.39 is 11.9 Å². The number of carboxylic acids is 1. The van der Waals surface area contributed by atoms with Crippen molar-refractivity contribution >= 4 is 29.4 Å². The van der Waals surface area contributed by atoms with E-state index in [2.05, 4.69) is 25.7 Å². The number of ketones is 1. The van der Waals surface area contributed by atoms with Gasteiger partial charge in [0.2, 0.25) is 5.91 Å². The van der Waals surface area contributed by atoms with Crippen LogP contribution in [0.4, 0.5) is 5.69 Å². The lowest BCUT2D eigenvalue weighted by Gasteiger charge is -2.06. The van der Waals surface area contributed by atoms with Gasteiger partial charge in [0.25, 0.3) is 0 Å². The van der Waals surface area contributed by atoms with Crippen molar-refractivity contribution in [2.45, 2.75) is 26.2 Å². The molecule has 0 spiro atoms. The molecule has 0 heterocycles. The molecule has 5 heteroatoms. The summed E-state index contributed by atoms with van der Waals surface area (Å²) in [5.41, 5.74) is 2.97. The molecular weight excluding hydrogens is 354 g/mol. The summed E-state index contributed by atoms with van der Waals surface area (Å²) in [5, 5.41) is 11.3. The molecule has 0 fully saturated rings. The summed E-state index contributed by atoms with van der Waals surface area (Å²) < 4.78 is 0. The number of allylic oxidation sites excluding steroid dienone is 1. The summed E-state index contributed by atoms with van der Waals surface area (Å²) in [7, 11) is 0. The lowest BCUT2D eigenvalue weighted by atomic mass is 10.0. The Bertz CT molecular complexity index is 907. The molecule has 0 bridgehead atoms. The molecule has 144 valence electrons. The minimum absolute atomic E-state index is 0.148. The fourth-order valence-corrected chi connectivity index (χ4v) is 2.45. The van der Waals surface area contributed by atoms with Crippen LogP contribution in [0.25, 0.3) is 6.08 Å². The van der Waals surface area contributed by atoms with Crippen molar-refractivity contribution in [1.82, 2.24) is 0 Å². The van der Waals surface area contributed by atoms with Crippen molar-refractivity contribution in [3.8, 4) is 0 Å². The maximum atomic E-state index is 12.3. The summed E-state index contributed by atoms with van der Waals surface area (Å²) in [6, 6.07) is 14.5. The summed E-state index contributed by atoms with van der Waals surface area (Å²) in [6.07, 6.45) is 2.98. The zero-order valence-electron chi connectivity index (χ0n) is 15.9. The highest BCUT2D eigenvalue weighted by Gasteiger charge is 2.10. The Labute approximate surface area is 164 Å². The van der Waals surface area contributed by atoms with E-state index in [1.54, 1.807) is 30.3 Å². The normalized spacial score (nSPS) is 10.8. The molecule has 0 unspecified atom stereocenters. The van der Waals surface area contributed by atoms with Crippen LogP contribution in [-0.4, -0.2) is 22.8 Å². The van der Waals surface area contributed by atoms with Crippen LogP contribution in [0, 0.1) is 0 Å². The topological polar surface area (TPSA) is 83.5 Å². The molecule has 0 atom stereocenters. The Balaban J connectivity index is 1.96. The molecule has 5 nitrogen and oxygen atoms in total. The third kappa shape index (κ3) is 6.06. The van der Waals surface area contributed by atoms with Gasteiger partial charge in [-0.25, -0.2) is 4.79 Å². The first kappa shape index (κ1) is 20.8. The van der Waals surface area contributed by atoms with E-state index in [0.29, 0.717) is 17.2 Å². The third-order valence-corrected chi connectivity index (χ3v) is 4.16. The van der Waals surface area contributed by atoms with E-state index in [0.717, 1.165) is 5.56 Å². The molecule has 0 aliphatic rings. The van der Waals surface area contributed by atoms with Gasteiger partial charge in [-0.2, -0.15) is 0 Å². The minimum atomic E-state index is -1.21. The zero-order chi connectivity index (χ0) is 20.7. The van der Waals surface area contributed by atoms with Crippen molar-refractivity contribution in [2.75, 3.05) is 5.32 Å². The number of carbonyl (C=O) groups is 3. The Morgan fingerprint density at radius 3 is 2.18 bits per heavy atom. The summed E-state index contributed by atoms with van der Waals surface area (Å²) >= 11 is 0. The first-order chi connectivity index (χ1) is 13.3. The Kier molecular flexibility index (Phi) is 7.04. The Morgan fingerprint density at radius 1 is 1.04 bits per heavy atom. The molecule has 0 aliphatic carbocycles. The summed E-state index contributed by atoms with van der Waals surface area (Å²) in [4.78, 5) is 34.7. The summed E-state index contributed by atoms with van der Waals surface area (Å²) in [6.45, 7) is 7.57. The quantitative estimate of drug-likeness (QED) is 0.517. The van der Waals surface area contributed by atoms with Gasteiger partial charge in [-0.05, 0) is 47.4 Å². The average Bonchev–Trinajstić information content (AvgIpc) is 2.66. The van der Waals surface area contributed by atoms with Crippen LogP contribution >= 0.6 is 0 Å². The maximum Gasteiger partial charge on any atom is 0.331 e. The van der Waals surface area contributed by atoms with Gasteiger partial charge in [-0.3, -0.25) is 9.59 Å². The Hall–Kier alpha value is -3.47. The second-order valence-electron chi connectivity index (χ2n) is 6.73. The van der Waals surface area contributed by atoms with Crippen LogP contribution in [-0.2, 0) is 9.59 Å². The van der Waals surface area contributed by atoms with Gasteiger partial charge in [-0.15, -0.1) is 0 Å². The average molecular weight is 377 g/mol. The minimum Gasteiger partial charge on any atom is -0.478 e. The second kappa shape index (κ2) is 9.46. The number of anilines is 1. The van der Waals surface area contributed by atoms with Gasteiger partial charge in [0.15, 0.2) is 5.78 Å². The SMILES string of the molecule is C=C(CC(=O)Nc1ccc(C(=O)C=Cc2ccc(C(C)C)cc2)cc1)C(=O)O. The molecule has 2 aromatic rings. The molecule has 0 aliphatic heterocycles. The zero-order valence-corrected chi connectivity index (χ0v) is 15.9. The molecule has 0 radical (unpaired) electrons. The highest BCUT2D eigenvalue weighted by molar-refractivity contribution is 6.07. The molecule has 2 aromatic carbocycles. The van der Waals surface area contributed by atoms with Gasteiger partial charge < -0.3 is 10.4 Å². The lowest BCUT2D eigenvalue weighted by Crippen LogP contribution is -2.14. The van der Waals surface area contributed by atoms with Gasteiger partial charge in [0.05, 0.1) is 6.42 Å². The molecule has 0 aromatic heterocycles. The summed E-state index contributed by atoms with van der Waals surface area (Å²) in [5.74, 6) is -1.37. The molecule has 28 heavy (non-hydrogen) atoms. The number of amides is 1. The fraction of sp³-hybridized carbons (Fsp3) is 0.174. The van der Waals surface area contributed by atoms with E-state index in [9.17, 15) is 14.4 Å². The lowest BCUT2D eigenvalue weighted by molar-refractivity contribution is -0.133. The van der Waals surface area contributed by atoms with Crippen molar-refractivity contribution in [3.63, 3.8) is 0 Å². The number of aliphatic carboxylic acids is 1. The van der Waals surface area contributed by atoms with Crippen LogP contribution in [0.15, 0.2) is 66.8 Å². The third-order valence-electron chi connectivity index (χ3n) is 4.16. The van der Waals surface area contributed by atoms with Crippen molar-refractivity contribution < 1.29 is 19.5 Å². The maximum absolute atomic E-state index is 12.3. The van der Waals surface area contributed by atoms with Crippen molar-refractivity contribution in [2.24, 2.45) is 0 Å². The molecule has 2 rings (SSSR count). The number of rotatable bonds is 8. The number of benzene rings is 2. The highest BCUT2D eigenvalue weighted by Crippen LogP contribution is 2.16. The number of hydrogen-bond acceptors (Lipinski definition) is 3. The molecular formula is C23H23NO4. The van der Waals surface area contributed by atoms with E-state index in [4.69, 9.17) is 5.11 Å². The molecule has 2 N–H and O–H groups in total. The van der Waals surface area contributed by atoms with Gasteiger partial charge in [0.1, 0.15) is 0 Å². The van der Waals surface area contributed by atoms with Gasteiger partial charge in [-0.1, -0.05) is 50.8 Å². The number of carboxylic acid groups (broad SMARTS) is 1. The van der Waals surface area contributed by atoms with Crippen molar-refractivity contribution in [3.05, 3.63) is 83.4 Å². The number of carbonyl (C=O) groups excluding carboxylic acids is 2. The molecule has 1 amide bonds. The van der Waals surface area contributed by atoms with Crippen LogP contribution in [0.1, 0.15) is 47.7 Å². The first-order valence-corrected chi connectivity index (χ1v) is 8.89. The van der Waals surface area contributed by atoms with E-state index in [1.807, 2.05) is 24.3 Å². The van der Waals surface area contributed by atoms with E-state index in [-0.39, 0.29) is 17.8 Å². The van der Waals surface area contributed by atoms with Crippen LogP contribution in [0.3, 0.4) is 0 Å². The Morgan fingerprint density at radius 2 is 1.64 bits per heavy atom. The fourth-order valence-electron chi connectivity index (χ4n) is 2.45. The number of hydrogen-bond donors (Lipinski definition) is 2.